The molecule has 9 heteroatoms. The van der Waals surface area contributed by atoms with E-state index in [4.69, 9.17) is 21.8 Å². The van der Waals surface area contributed by atoms with Gasteiger partial charge < -0.3 is 10.2 Å². The number of hydrogen-bond donors (Lipinski definition) is 3. The summed E-state index contributed by atoms with van der Waals surface area (Å²) < 4.78 is 26.7. The fourth-order valence-electron chi connectivity index (χ4n) is 1.41. The predicted octanol–water partition coefficient (Wildman–Crippen LogP) is 1.85. The van der Waals surface area contributed by atoms with Crippen LogP contribution in [-0.4, -0.2) is 37.2 Å². The molecule has 6 nitrogen and oxygen atoms in total. The van der Waals surface area contributed by atoms with Crippen molar-refractivity contribution in [1.29, 1.82) is 0 Å². The van der Waals surface area contributed by atoms with E-state index < -0.39 is 22.0 Å². The van der Waals surface area contributed by atoms with E-state index in [1.54, 1.807) is 6.92 Å². The second-order valence-electron chi connectivity index (χ2n) is 3.98. The summed E-state index contributed by atoms with van der Waals surface area (Å²) in [7, 11) is -3.94. The van der Waals surface area contributed by atoms with Crippen LogP contribution in [0.5, 0.6) is 0 Å². The molecule has 1 aromatic rings. The molecule has 0 aromatic heterocycles. The normalized spacial score (nSPS) is 13.2. The van der Waals surface area contributed by atoms with Gasteiger partial charge in [-0.05, 0) is 34.5 Å². The SMILES string of the molecule is CC[C@@H](CO)NS(=O)(=O)c1cc(Br)c(Cl)c(C(=O)O)c1. The number of aliphatic hydroxyl groups is 1. The van der Waals surface area contributed by atoms with Crippen LogP contribution >= 0.6 is 27.5 Å². The van der Waals surface area contributed by atoms with Crippen LogP contribution in [0.2, 0.25) is 5.02 Å². The van der Waals surface area contributed by atoms with E-state index >= 15 is 0 Å². The Hall–Kier alpha value is -0.670. The Morgan fingerprint density at radius 2 is 2.10 bits per heavy atom. The van der Waals surface area contributed by atoms with Gasteiger partial charge in [0.2, 0.25) is 10.0 Å². The lowest BCUT2D eigenvalue weighted by Gasteiger charge is -2.15. The van der Waals surface area contributed by atoms with Crippen molar-refractivity contribution in [1.82, 2.24) is 4.72 Å². The first-order valence-electron chi connectivity index (χ1n) is 5.58. The summed E-state index contributed by atoms with van der Waals surface area (Å²) in [5.74, 6) is -1.33. The molecule has 0 unspecified atom stereocenters. The standard InChI is InChI=1S/C11H13BrClNO5S/c1-2-6(5-15)14-20(18,19)7-3-8(11(16)17)10(13)9(12)4-7/h3-4,6,14-15H,2,5H2,1H3,(H,16,17)/t6-/m0/s1. The Morgan fingerprint density at radius 1 is 1.50 bits per heavy atom. The molecule has 1 rings (SSSR count). The zero-order chi connectivity index (χ0) is 15.5. The molecule has 0 radical (unpaired) electrons. The lowest BCUT2D eigenvalue weighted by Crippen LogP contribution is -2.37. The number of carboxylic acids is 1. The number of nitrogens with one attached hydrogen (secondary N) is 1. The van der Waals surface area contributed by atoms with Crippen molar-refractivity contribution >= 4 is 43.5 Å². The van der Waals surface area contributed by atoms with E-state index in [1.807, 2.05) is 0 Å². The van der Waals surface area contributed by atoms with Gasteiger partial charge in [-0.2, -0.15) is 0 Å². The van der Waals surface area contributed by atoms with Gasteiger partial charge >= 0.3 is 5.97 Å². The Morgan fingerprint density at radius 3 is 2.55 bits per heavy atom. The molecule has 1 atom stereocenters. The molecule has 0 bridgehead atoms. The Kier molecular flexibility index (Phi) is 5.96. The van der Waals surface area contributed by atoms with Crippen molar-refractivity contribution < 1.29 is 23.4 Å². The number of aliphatic hydroxyl groups excluding tert-OH is 1. The molecule has 1 aromatic carbocycles. The van der Waals surface area contributed by atoms with Crippen LogP contribution in [0.4, 0.5) is 0 Å². The molecule has 20 heavy (non-hydrogen) atoms. The van der Waals surface area contributed by atoms with Crippen LogP contribution in [0.3, 0.4) is 0 Å². The molecule has 0 aliphatic heterocycles. The summed E-state index contributed by atoms with van der Waals surface area (Å²) in [6.45, 7) is 1.36. The summed E-state index contributed by atoms with van der Waals surface area (Å²) in [4.78, 5) is 10.8. The van der Waals surface area contributed by atoms with Crippen molar-refractivity contribution in [2.24, 2.45) is 0 Å². The summed E-state index contributed by atoms with van der Waals surface area (Å²) in [6, 6.07) is 1.55. The number of hydrogen-bond acceptors (Lipinski definition) is 4. The molecule has 0 fully saturated rings. The van der Waals surface area contributed by atoms with Gasteiger partial charge in [0, 0.05) is 10.5 Å². The second-order valence-corrected chi connectivity index (χ2v) is 6.93. The van der Waals surface area contributed by atoms with E-state index in [9.17, 15) is 13.2 Å². The van der Waals surface area contributed by atoms with E-state index in [-0.39, 0.29) is 26.6 Å². The van der Waals surface area contributed by atoms with Crippen molar-refractivity contribution in [3.63, 3.8) is 0 Å². The number of carboxylic acid groups (broad SMARTS) is 1. The van der Waals surface area contributed by atoms with Gasteiger partial charge in [-0.1, -0.05) is 18.5 Å². The first kappa shape index (κ1) is 17.4. The molecule has 112 valence electrons. The molecule has 0 aliphatic carbocycles. The second kappa shape index (κ2) is 6.86. The molecule has 0 spiro atoms. The monoisotopic (exact) mass is 385 g/mol. The minimum atomic E-state index is -3.94. The van der Waals surface area contributed by atoms with Crippen molar-refractivity contribution in [2.75, 3.05) is 6.61 Å². The average molecular weight is 387 g/mol. The maximum absolute atomic E-state index is 12.1. The predicted molar refractivity (Wildman–Crippen MR) is 77.6 cm³/mol. The van der Waals surface area contributed by atoms with Crippen LogP contribution < -0.4 is 4.72 Å². The van der Waals surface area contributed by atoms with Gasteiger partial charge in [-0.15, -0.1) is 0 Å². The summed E-state index contributed by atoms with van der Waals surface area (Å²) in [5.41, 5.74) is -0.321. The van der Waals surface area contributed by atoms with Crippen LogP contribution in [0, 0.1) is 0 Å². The van der Waals surface area contributed by atoms with Crippen LogP contribution in [0.1, 0.15) is 23.7 Å². The Bertz CT molecular complexity index is 615. The van der Waals surface area contributed by atoms with Crippen LogP contribution in [0.15, 0.2) is 21.5 Å². The maximum Gasteiger partial charge on any atom is 0.337 e. The fourth-order valence-corrected chi connectivity index (χ4v) is 3.58. The average Bonchev–Trinajstić information content (AvgIpc) is 2.38. The number of sulfonamides is 1. The summed E-state index contributed by atoms with van der Waals surface area (Å²) in [5, 5.41) is 17.9. The molecule has 3 N–H and O–H groups in total. The van der Waals surface area contributed by atoms with Gasteiger partial charge in [0.05, 0.1) is 22.1 Å². The quantitative estimate of drug-likeness (QED) is 0.692. The van der Waals surface area contributed by atoms with Crippen molar-refractivity contribution in [2.45, 2.75) is 24.3 Å². The molecular weight excluding hydrogens is 374 g/mol. The minimum Gasteiger partial charge on any atom is -0.478 e. The highest BCUT2D eigenvalue weighted by Crippen LogP contribution is 2.30. The lowest BCUT2D eigenvalue weighted by atomic mass is 10.2. The number of benzene rings is 1. The third-order valence-electron chi connectivity index (χ3n) is 2.58. The Balaban J connectivity index is 3.29. The number of carbonyl (C=O) groups is 1. The van der Waals surface area contributed by atoms with Gasteiger partial charge in [-0.3, -0.25) is 0 Å². The first-order valence-corrected chi connectivity index (χ1v) is 8.23. The largest absolute Gasteiger partial charge is 0.478 e. The van der Waals surface area contributed by atoms with Gasteiger partial charge in [-0.25, -0.2) is 17.9 Å². The highest BCUT2D eigenvalue weighted by molar-refractivity contribution is 9.10. The van der Waals surface area contributed by atoms with Crippen LogP contribution in [0.25, 0.3) is 0 Å². The molecule has 0 saturated carbocycles. The fraction of sp³-hybridized carbons (Fsp3) is 0.364. The molecule has 0 heterocycles. The molecular formula is C11H13BrClNO5S. The number of rotatable bonds is 6. The van der Waals surface area contributed by atoms with Crippen molar-refractivity contribution in [3.05, 3.63) is 27.2 Å². The molecule has 0 amide bonds. The summed E-state index contributed by atoms with van der Waals surface area (Å²) >= 11 is 8.81. The molecule has 0 saturated heterocycles. The zero-order valence-corrected chi connectivity index (χ0v) is 13.6. The third-order valence-corrected chi connectivity index (χ3v) is 5.34. The topological polar surface area (TPSA) is 104 Å². The number of halogens is 2. The van der Waals surface area contributed by atoms with E-state index in [0.717, 1.165) is 6.07 Å². The van der Waals surface area contributed by atoms with Crippen LogP contribution in [-0.2, 0) is 10.0 Å². The lowest BCUT2D eigenvalue weighted by molar-refractivity contribution is 0.0696. The smallest absolute Gasteiger partial charge is 0.337 e. The van der Waals surface area contributed by atoms with Gasteiger partial charge in [0.1, 0.15) is 0 Å². The van der Waals surface area contributed by atoms with Crippen molar-refractivity contribution in [3.8, 4) is 0 Å². The highest BCUT2D eigenvalue weighted by atomic mass is 79.9. The molecule has 0 aliphatic rings. The minimum absolute atomic E-state index is 0.0781. The third kappa shape index (κ3) is 3.92. The number of aromatic carboxylic acids is 1. The highest BCUT2D eigenvalue weighted by Gasteiger charge is 2.23. The van der Waals surface area contributed by atoms with E-state index in [1.165, 1.54) is 6.07 Å². The Labute approximate surface area is 129 Å². The summed E-state index contributed by atoms with van der Waals surface area (Å²) in [6.07, 6.45) is 0.399. The zero-order valence-electron chi connectivity index (χ0n) is 10.4. The van der Waals surface area contributed by atoms with Gasteiger partial charge in [0.25, 0.3) is 0 Å². The van der Waals surface area contributed by atoms with E-state index in [2.05, 4.69) is 20.7 Å². The van der Waals surface area contributed by atoms with Gasteiger partial charge in [0.15, 0.2) is 0 Å². The van der Waals surface area contributed by atoms with E-state index in [0.29, 0.717) is 6.42 Å². The first-order chi connectivity index (χ1) is 9.22. The maximum atomic E-state index is 12.1.